The van der Waals surface area contributed by atoms with Crippen molar-refractivity contribution in [3.05, 3.63) is 68.4 Å². The lowest BCUT2D eigenvalue weighted by Gasteiger charge is -2.10. The number of hydrogen-bond donors (Lipinski definition) is 2. The molecule has 5 nitrogen and oxygen atoms in total. The van der Waals surface area contributed by atoms with Crippen molar-refractivity contribution in [2.75, 3.05) is 11.9 Å². The van der Waals surface area contributed by atoms with Crippen LogP contribution in [0, 0.1) is 6.92 Å². The van der Waals surface area contributed by atoms with Gasteiger partial charge in [-0.3, -0.25) is 9.59 Å². The minimum atomic E-state index is -0.347. The largest absolute Gasteiger partial charge is 0.482 e. The van der Waals surface area contributed by atoms with Gasteiger partial charge < -0.3 is 15.0 Å². The maximum atomic E-state index is 12.1. The van der Waals surface area contributed by atoms with Gasteiger partial charge in [0.2, 0.25) is 5.56 Å². The van der Waals surface area contributed by atoms with Gasteiger partial charge in [-0.05, 0) is 42.8 Å². The van der Waals surface area contributed by atoms with Crippen LogP contribution in [0.5, 0.6) is 5.75 Å². The molecule has 2 N–H and O–H groups in total. The number of anilines is 1. The molecule has 2 aromatic carbocycles. The molecule has 0 saturated heterocycles. The lowest BCUT2D eigenvalue weighted by atomic mass is 10.1. The molecule has 0 radical (unpaired) electrons. The highest BCUT2D eigenvalue weighted by Crippen LogP contribution is 2.27. The number of fused-ring (bicyclic) bond motifs is 1. The third-order valence-corrected chi connectivity index (χ3v) is 4.12. The number of ether oxygens (including phenoxy) is 1. The van der Waals surface area contributed by atoms with Crippen LogP contribution in [0.3, 0.4) is 0 Å². The number of carbonyl (C=O) groups is 1. The molecule has 25 heavy (non-hydrogen) atoms. The Morgan fingerprint density at radius 3 is 2.72 bits per heavy atom. The summed E-state index contributed by atoms with van der Waals surface area (Å²) in [5.74, 6) is 0.0278. The predicted molar refractivity (Wildman–Crippen MR) is 99.9 cm³/mol. The van der Waals surface area contributed by atoms with E-state index in [-0.39, 0.29) is 18.1 Å². The Morgan fingerprint density at radius 2 is 1.96 bits per heavy atom. The number of H-pyrrole nitrogens is 1. The van der Waals surface area contributed by atoms with Gasteiger partial charge in [-0.15, -0.1) is 0 Å². The summed E-state index contributed by atoms with van der Waals surface area (Å²) in [6.45, 7) is 1.66. The summed E-state index contributed by atoms with van der Waals surface area (Å²) in [5, 5.41) is 4.46. The molecule has 7 heteroatoms. The second kappa shape index (κ2) is 7.17. The number of carbonyl (C=O) groups excluding carboxylic acids is 1. The number of nitrogens with one attached hydrogen (secondary N) is 2. The number of halogens is 2. The van der Waals surface area contributed by atoms with E-state index in [9.17, 15) is 9.59 Å². The number of pyridine rings is 1. The van der Waals surface area contributed by atoms with Crippen LogP contribution in [-0.4, -0.2) is 17.5 Å². The zero-order valence-corrected chi connectivity index (χ0v) is 14.7. The van der Waals surface area contributed by atoms with Crippen molar-refractivity contribution in [1.82, 2.24) is 4.98 Å². The highest BCUT2D eigenvalue weighted by Gasteiger charge is 2.08. The third kappa shape index (κ3) is 4.13. The molecule has 1 amide bonds. The van der Waals surface area contributed by atoms with E-state index >= 15 is 0 Å². The highest BCUT2D eigenvalue weighted by molar-refractivity contribution is 6.35. The van der Waals surface area contributed by atoms with Crippen molar-refractivity contribution >= 4 is 45.7 Å². The van der Waals surface area contributed by atoms with E-state index in [0.29, 0.717) is 27.0 Å². The van der Waals surface area contributed by atoms with Gasteiger partial charge in [0.05, 0.1) is 10.5 Å². The topological polar surface area (TPSA) is 71.2 Å². The van der Waals surface area contributed by atoms with Gasteiger partial charge in [-0.25, -0.2) is 0 Å². The van der Waals surface area contributed by atoms with E-state index in [1.165, 1.54) is 6.07 Å². The average molecular weight is 377 g/mol. The number of benzene rings is 2. The van der Waals surface area contributed by atoms with Gasteiger partial charge in [0.1, 0.15) is 5.75 Å². The molecule has 0 fully saturated rings. The van der Waals surface area contributed by atoms with Gasteiger partial charge in [0, 0.05) is 22.2 Å². The molecule has 0 atom stereocenters. The van der Waals surface area contributed by atoms with Crippen molar-refractivity contribution in [1.29, 1.82) is 0 Å². The molecule has 0 aliphatic rings. The molecule has 0 unspecified atom stereocenters. The summed E-state index contributed by atoms with van der Waals surface area (Å²) in [4.78, 5) is 26.4. The molecule has 0 spiro atoms. The van der Waals surface area contributed by atoms with Gasteiger partial charge in [0.25, 0.3) is 5.91 Å². The van der Waals surface area contributed by atoms with Gasteiger partial charge in [-0.1, -0.05) is 29.3 Å². The second-order valence-corrected chi connectivity index (χ2v) is 6.33. The molecule has 1 heterocycles. The van der Waals surface area contributed by atoms with Crippen LogP contribution in [0.2, 0.25) is 10.0 Å². The molecule has 0 aliphatic carbocycles. The van der Waals surface area contributed by atoms with E-state index in [4.69, 9.17) is 27.9 Å². The Kier molecular flexibility index (Phi) is 4.97. The summed E-state index contributed by atoms with van der Waals surface area (Å²) in [6.07, 6.45) is 0. The minimum Gasteiger partial charge on any atom is -0.482 e. The van der Waals surface area contributed by atoms with Gasteiger partial charge in [-0.2, -0.15) is 0 Å². The molecule has 0 saturated carbocycles. The Bertz CT molecular complexity index is 1010. The van der Waals surface area contributed by atoms with E-state index < -0.39 is 0 Å². The SMILES string of the molecule is Cc1cc(=O)[nH]c2cc(NC(=O)COc3ccc(Cl)cc3Cl)ccc12. The number of hydrogen-bond acceptors (Lipinski definition) is 3. The molecule has 128 valence electrons. The van der Waals surface area contributed by atoms with E-state index in [1.807, 2.05) is 13.0 Å². The van der Waals surface area contributed by atoms with E-state index in [0.717, 1.165) is 10.9 Å². The van der Waals surface area contributed by atoms with E-state index in [2.05, 4.69) is 10.3 Å². The smallest absolute Gasteiger partial charge is 0.262 e. The van der Waals surface area contributed by atoms with E-state index in [1.54, 1.807) is 30.3 Å². The summed E-state index contributed by atoms with van der Waals surface area (Å²) >= 11 is 11.8. The molecular weight excluding hydrogens is 363 g/mol. The third-order valence-electron chi connectivity index (χ3n) is 3.59. The number of aromatic amines is 1. The van der Waals surface area contributed by atoms with Crippen molar-refractivity contribution in [3.8, 4) is 5.75 Å². The Balaban J connectivity index is 1.70. The molecule has 3 aromatic rings. The monoisotopic (exact) mass is 376 g/mol. The minimum absolute atomic E-state index is 0.186. The van der Waals surface area contributed by atoms with Crippen LogP contribution < -0.4 is 15.6 Å². The summed E-state index contributed by atoms with van der Waals surface area (Å²) < 4.78 is 5.39. The molecular formula is C18H14Cl2N2O3. The summed E-state index contributed by atoms with van der Waals surface area (Å²) in [7, 11) is 0. The second-order valence-electron chi connectivity index (χ2n) is 5.49. The fourth-order valence-corrected chi connectivity index (χ4v) is 2.91. The maximum Gasteiger partial charge on any atom is 0.262 e. The van der Waals surface area contributed by atoms with Crippen LogP contribution in [-0.2, 0) is 4.79 Å². The van der Waals surface area contributed by atoms with Crippen LogP contribution in [0.1, 0.15) is 5.56 Å². The first kappa shape index (κ1) is 17.3. The Hall–Kier alpha value is -2.50. The number of rotatable bonds is 4. The predicted octanol–water partition coefficient (Wildman–Crippen LogP) is 4.16. The number of amides is 1. The fourth-order valence-electron chi connectivity index (χ4n) is 2.45. The van der Waals surface area contributed by atoms with Crippen molar-refractivity contribution in [3.63, 3.8) is 0 Å². The van der Waals surface area contributed by atoms with Gasteiger partial charge in [0.15, 0.2) is 6.61 Å². The van der Waals surface area contributed by atoms with Crippen LogP contribution in [0.15, 0.2) is 47.3 Å². The molecule has 1 aromatic heterocycles. The lowest BCUT2D eigenvalue weighted by Crippen LogP contribution is -2.20. The summed E-state index contributed by atoms with van der Waals surface area (Å²) in [6, 6.07) is 11.6. The fraction of sp³-hybridized carbons (Fsp3) is 0.111. The zero-order valence-electron chi connectivity index (χ0n) is 13.2. The summed E-state index contributed by atoms with van der Waals surface area (Å²) in [5.41, 5.74) is 1.90. The average Bonchev–Trinajstić information content (AvgIpc) is 2.53. The van der Waals surface area contributed by atoms with Crippen molar-refractivity contribution < 1.29 is 9.53 Å². The molecule has 3 rings (SSSR count). The van der Waals surface area contributed by atoms with Crippen LogP contribution in [0.4, 0.5) is 5.69 Å². The molecule has 0 bridgehead atoms. The standard InChI is InChI=1S/C18H14Cl2N2O3/c1-10-6-17(23)22-15-8-12(3-4-13(10)15)21-18(24)9-25-16-5-2-11(19)7-14(16)20/h2-8H,9H2,1H3,(H,21,24)(H,22,23). The first-order valence-electron chi connectivity index (χ1n) is 7.44. The number of aryl methyl sites for hydroxylation is 1. The van der Waals surface area contributed by atoms with Crippen molar-refractivity contribution in [2.45, 2.75) is 6.92 Å². The zero-order chi connectivity index (χ0) is 18.0. The normalized spacial score (nSPS) is 10.7. The first-order chi connectivity index (χ1) is 11.9. The van der Waals surface area contributed by atoms with Gasteiger partial charge >= 0.3 is 0 Å². The van der Waals surface area contributed by atoms with Crippen LogP contribution in [0.25, 0.3) is 10.9 Å². The van der Waals surface area contributed by atoms with Crippen LogP contribution >= 0.6 is 23.2 Å². The quantitative estimate of drug-likeness (QED) is 0.717. The lowest BCUT2D eigenvalue weighted by molar-refractivity contribution is -0.118. The highest BCUT2D eigenvalue weighted by atomic mass is 35.5. The molecule has 0 aliphatic heterocycles. The van der Waals surface area contributed by atoms with Crippen molar-refractivity contribution in [2.24, 2.45) is 0 Å². The number of aromatic nitrogens is 1. The maximum absolute atomic E-state index is 12.1. The first-order valence-corrected chi connectivity index (χ1v) is 8.19. The Labute approximate surface area is 153 Å². The Morgan fingerprint density at radius 1 is 1.16 bits per heavy atom.